The summed E-state index contributed by atoms with van der Waals surface area (Å²) in [6.07, 6.45) is 3.78. The Labute approximate surface area is 176 Å². The molecule has 1 saturated heterocycles. The van der Waals surface area contributed by atoms with E-state index in [0.29, 0.717) is 5.69 Å². The highest BCUT2D eigenvalue weighted by atomic mass is 32.2. The summed E-state index contributed by atoms with van der Waals surface area (Å²) < 4.78 is 24.3. The molecule has 2 aliphatic rings. The summed E-state index contributed by atoms with van der Waals surface area (Å²) in [6.45, 7) is 5.23. The van der Waals surface area contributed by atoms with Gasteiger partial charge in [-0.2, -0.15) is 0 Å². The molecule has 1 heterocycles. The quantitative estimate of drug-likeness (QED) is 0.532. The molecule has 2 aromatic rings. The third-order valence-electron chi connectivity index (χ3n) is 5.65. The molecular weight excluding hydrogens is 404 g/mol. The third-order valence-corrected chi connectivity index (χ3v) is 6.79. The van der Waals surface area contributed by atoms with Gasteiger partial charge in [0.15, 0.2) is 9.84 Å². The van der Waals surface area contributed by atoms with Gasteiger partial charge in [-0.15, -0.1) is 0 Å². The zero-order valence-corrected chi connectivity index (χ0v) is 17.8. The van der Waals surface area contributed by atoms with Crippen molar-refractivity contribution in [3.63, 3.8) is 0 Å². The van der Waals surface area contributed by atoms with Crippen LogP contribution in [0.25, 0.3) is 0 Å². The lowest BCUT2D eigenvalue weighted by Gasteiger charge is -2.36. The summed E-state index contributed by atoms with van der Waals surface area (Å²) in [5.74, 6) is 0.898. The van der Waals surface area contributed by atoms with Gasteiger partial charge in [0.05, 0.1) is 15.5 Å². The number of nitrogens with one attached hydrogen (secondary N) is 1. The van der Waals surface area contributed by atoms with Crippen molar-refractivity contribution in [3.8, 4) is 0 Å². The maximum Gasteiger partial charge on any atom is 0.270 e. The summed E-state index contributed by atoms with van der Waals surface area (Å²) in [5.41, 5.74) is 1.90. The first-order chi connectivity index (χ1) is 14.3. The van der Waals surface area contributed by atoms with E-state index in [1.807, 2.05) is 18.2 Å². The van der Waals surface area contributed by atoms with Crippen LogP contribution in [0.3, 0.4) is 0 Å². The highest BCUT2D eigenvalue weighted by molar-refractivity contribution is 7.90. The van der Waals surface area contributed by atoms with Crippen LogP contribution >= 0.6 is 0 Å². The van der Waals surface area contributed by atoms with Gasteiger partial charge < -0.3 is 10.2 Å². The van der Waals surface area contributed by atoms with E-state index in [1.54, 1.807) is 0 Å². The van der Waals surface area contributed by atoms with Crippen LogP contribution in [0.2, 0.25) is 0 Å². The Bertz CT molecular complexity index is 1040. The molecule has 1 aliphatic carbocycles. The molecular formula is C21H26N4O4S. The second-order valence-corrected chi connectivity index (χ2v) is 10.1. The topological polar surface area (TPSA) is 95.8 Å². The van der Waals surface area contributed by atoms with Crippen LogP contribution in [0.5, 0.6) is 0 Å². The standard InChI is InChI=1S/C21H26N4O4S/c1-30(28,29)21-14-19(25(26)27)7-8-20(21)22-17-3-2-4-18(13-17)24-11-9-23(10-12-24)15-16-5-6-16/h2-4,7-8,13-14,16,22H,5-6,9-12,15H2,1H3. The maximum atomic E-state index is 12.2. The minimum absolute atomic E-state index is 0.0872. The molecule has 0 radical (unpaired) electrons. The maximum absolute atomic E-state index is 12.2. The predicted octanol–water partition coefficient (Wildman–Crippen LogP) is 3.27. The van der Waals surface area contributed by atoms with Crippen LogP contribution in [0.15, 0.2) is 47.4 Å². The number of rotatable bonds is 7. The monoisotopic (exact) mass is 430 g/mol. The number of hydrogen-bond acceptors (Lipinski definition) is 7. The van der Waals surface area contributed by atoms with Crippen molar-refractivity contribution in [1.82, 2.24) is 4.90 Å². The van der Waals surface area contributed by atoms with Gasteiger partial charge in [0, 0.05) is 62.5 Å². The summed E-state index contributed by atoms with van der Waals surface area (Å²) in [7, 11) is -3.63. The Hall–Kier alpha value is -2.65. The number of nitrogens with zero attached hydrogens (tertiary/aromatic N) is 3. The molecule has 30 heavy (non-hydrogen) atoms. The lowest BCUT2D eigenvalue weighted by atomic mass is 10.2. The molecule has 4 rings (SSSR count). The van der Waals surface area contributed by atoms with Crippen molar-refractivity contribution < 1.29 is 13.3 Å². The van der Waals surface area contributed by atoms with E-state index < -0.39 is 14.8 Å². The van der Waals surface area contributed by atoms with E-state index >= 15 is 0 Å². The molecule has 1 saturated carbocycles. The van der Waals surface area contributed by atoms with E-state index in [-0.39, 0.29) is 10.6 Å². The van der Waals surface area contributed by atoms with E-state index in [2.05, 4.69) is 21.2 Å². The van der Waals surface area contributed by atoms with Crippen LogP contribution in [-0.4, -0.2) is 57.2 Å². The van der Waals surface area contributed by atoms with Gasteiger partial charge in [-0.25, -0.2) is 8.42 Å². The van der Waals surface area contributed by atoms with Crippen LogP contribution in [0, 0.1) is 16.0 Å². The fourth-order valence-electron chi connectivity index (χ4n) is 3.82. The second-order valence-electron chi connectivity index (χ2n) is 8.12. The zero-order chi connectivity index (χ0) is 21.3. The zero-order valence-electron chi connectivity index (χ0n) is 17.0. The summed E-state index contributed by atoms with van der Waals surface area (Å²) in [5, 5.41) is 14.2. The van der Waals surface area contributed by atoms with Crippen molar-refractivity contribution in [1.29, 1.82) is 0 Å². The van der Waals surface area contributed by atoms with Gasteiger partial charge in [-0.1, -0.05) is 6.07 Å². The molecule has 9 heteroatoms. The van der Waals surface area contributed by atoms with E-state index in [0.717, 1.165) is 55.8 Å². The fourth-order valence-corrected chi connectivity index (χ4v) is 4.68. The first-order valence-electron chi connectivity index (χ1n) is 10.1. The number of nitro benzene ring substituents is 1. The van der Waals surface area contributed by atoms with Crippen molar-refractivity contribution in [2.45, 2.75) is 17.7 Å². The summed E-state index contributed by atoms with van der Waals surface area (Å²) in [4.78, 5) is 15.2. The van der Waals surface area contributed by atoms with E-state index in [4.69, 9.17) is 0 Å². The highest BCUT2D eigenvalue weighted by Gasteiger charge is 2.26. The minimum Gasteiger partial charge on any atom is -0.369 e. The Morgan fingerprint density at radius 3 is 2.47 bits per heavy atom. The molecule has 1 N–H and O–H groups in total. The first-order valence-corrected chi connectivity index (χ1v) is 12.0. The Kier molecular flexibility index (Phi) is 5.66. The molecule has 0 amide bonds. The number of hydrogen-bond donors (Lipinski definition) is 1. The molecule has 1 aliphatic heterocycles. The molecule has 160 valence electrons. The Balaban J connectivity index is 1.50. The molecule has 0 atom stereocenters. The molecule has 0 spiro atoms. The third kappa shape index (κ3) is 4.91. The van der Waals surface area contributed by atoms with Crippen molar-refractivity contribution in [2.75, 3.05) is 49.2 Å². The molecule has 2 aromatic carbocycles. The fraction of sp³-hybridized carbons (Fsp3) is 0.429. The first kappa shape index (κ1) is 20.6. The van der Waals surface area contributed by atoms with E-state index in [1.165, 1.54) is 31.5 Å². The average molecular weight is 431 g/mol. The highest BCUT2D eigenvalue weighted by Crippen LogP contribution is 2.32. The number of benzene rings is 2. The number of non-ortho nitro benzene ring substituents is 1. The molecule has 0 aromatic heterocycles. The Morgan fingerprint density at radius 2 is 1.83 bits per heavy atom. The number of nitro groups is 1. The smallest absolute Gasteiger partial charge is 0.270 e. The van der Waals surface area contributed by atoms with Gasteiger partial charge in [0.25, 0.3) is 5.69 Å². The van der Waals surface area contributed by atoms with Gasteiger partial charge in [-0.3, -0.25) is 15.0 Å². The predicted molar refractivity (Wildman–Crippen MR) is 117 cm³/mol. The SMILES string of the molecule is CS(=O)(=O)c1cc([N+](=O)[O-])ccc1Nc1cccc(N2CCN(CC3CC3)CC2)c1. The molecule has 0 bridgehead atoms. The van der Waals surface area contributed by atoms with Gasteiger partial charge >= 0.3 is 0 Å². The lowest BCUT2D eigenvalue weighted by molar-refractivity contribution is -0.385. The summed E-state index contributed by atoms with van der Waals surface area (Å²) >= 11 is 0. The van der Waals surface area contributed by atoms with Gasteiger partial charge in [0.1, 0.15) is 0 Å². The number of sulfone groups is 1. The van der Waals surface area contributed by atoms with Gasteiger partial charge in [0.2, 0.25) is 0 Å². The molecule has 2 fully saturated rings. The van der Waals surface area contributed by atoms with Crippen LogP contribution in [-0.2, 0) is 9.84 Å². The molecule has 8 nitrogen and oxygen atoms in total. The van der Waals surface area contributed by atoms with Crippen molar-refractivity contribution >= 4 is 32.6 Å². The van der Waals surface area contributed by atoms with Gasteiger partial charge in [-0.05, 0) is 43.0 Å². The number of piperazine rings is 1. The normalized spacial score (nSPS) is 17.7. The molecule has 0 unspecified atom stereocenters. The van der Waals surface area contributed by atoms with Crippen LogP contribution in [0.4, 0.5) is 22.7 Å². The van der Waals surface area contributed by atoms with E-state index in [9.17, 15) is 18.5 Å². The average Bonchev–Trinajstić information content (AvgIpc) is 3.52. The summed E-state index contributed by atoms with van der Waals surface area (Å²) in [6, 6.07) is 11.7. The number of anilines is 3. The van der Waals surface area contributed by atoms with Crippen LogP contribution < -0.4 is 10.2 Å². The largest absolute Gasteiger partial charge is 0.369 e. The Morgan fingerprint density at radius 1 is 1.10 bits per heavy atom. The lowest BCUT2D eigenvalue weighted by Crippen LogP contribution is -2.47. The van der Waals surface area contributed by atoms with Crippen molar-refractivity contribution in [2.24, 2.45) is 5.92 Å². The van der Waals surface area contributed by atoms with Crippen molar-refractivity contribution in [3.05, 3.63) is 52.6 Å². The van der Waals surface area contributed by atoms with Crippen LogP contribution in [0.1, 0.15) is 12.8 Å². The second kappa shape index (κ2) is 8.23. The minimum atomic E-state index is -3.63.